The zero-order valence-electron chi connectivity index (χ0n) is 13.7. The highest BCUT2D eigenvalue weighted by molar-refractivity contribution is 7.86. The molecule has 0 aliphatic carbocycles. The van der Waals surface area contributed by atoms with Crippen LogP contribution in [-0.2, 0) is 22.0 Å². The second-order valence-electron chi connectivity index (χ2n) is 5.42. The van der Waals surface area contributed by atoms with Gasteiger partial charge in [0.25, 0.3) is 10.2 Å². The minimum absolute atomic E-state index is 0.00831. The molecule has 1 aromatic heterocycles. The van der Waals surface area contributed by atoms with E-state index >= 15 is 0 Å². The summed E-state index contributed by atoms with van der Waals surface area (Å²) in [7, 11) is 2.71. The first-order valence-electron chi connectivity index (χ1n) is 7.10. The fourth-order valence-electron chi connectivity index (χ4n) is 2.24. The first kappa shape index (κ1) is 17.5. The van der Waals surface area contributed by atoms with E-state index in [1.54, 1.807) is 6.20 Å². The Balaban J connectivity index is 2.03. The molecule has 0 N–H and O–H groups in total. The molecular weight excluding hydrogens is 318 g/mol. The van der Waals surface area contributed by atoms with Crippen molar-refractivity contribution < 1.29 is 17.9 Å². The minimum Gasteiger partial charge on any atom is -0.461 e. The smallest absolute Gasteiger partial charge is 0.340 e. The molecule has 2 aromatic rings. The van der Waals surface area contributed by atoms with Crippen LogP contribution in [0, 0.1) is 0 Å². The largest absolute Gasteiger partial charge is 0.461 e. The average molecular weight is 339 g/mol. The standard InChI is InChI=1S/C15H21N3O4S/c1-16(2)23(20,21)18(4)9-10-22-15(19)13-11-17(3)14-8-6-5-7-12(13)14/h5-8,11H,9-10H2,1-4H3. The van der Waals surface area contributed by atoms with Gasteiger partial charge in [-0.15, -0.1) is 0 Å². The van der Waals surface area contributed by atoms with Gasteiger partial charge in [-0.25, -0.2) is 4.79 Å². The van der Waals surface area contributed by atoms with E-state index in [4.69, 9.17) is 4.74 Å². The van der Waals surface area contributed by atoms with Gasteiger partial charge in [0.05, 0.1) is 5.56 Å². The lowest BCUT2D eigenvalue weighted by molar-refractivity contribution is 0.0495. The topological polar surface area (TPSA) is 71.9 Å². The van der Waals surface area contributed by atoms with Crippen LogP contribution in [0.15, 0.2) is 30.5 Å². The molecule has 0 saturated carbocycles. The molecule has 0 fully saturated rings. The van der Waals surface area contributed by atoms with Gasteiger partial charge in [0.15, 0.2) is 0 Å². The van der Waals surface area contributed by atoms with E-state index in [0.717, 1.165) is 19.5 Å². The van der Waals surface area contributed by atoms with E-state index in [-0.39, 0.29) is 13.2 Å². The molecule has 0 radical (unpaired) electrons. The van der Waals surface area contributed by atoms with Crippen LogP contribution in [0.3, 0.4) is 0 Å². The molecule has 0 bridgehead atoms. The summed E-state index contributed by atoms with van der Waals surface area (Å²) < 4.78 is 33.1. The van der Waals surface area contributed by atoms with Crippen LogP contribution in [0.1, 0.15) is 10.4 Å². The summed E-state index contributed by atoms with van der Waals surface area (Å²) in [6.45, 7) is 0.0860. The molecule has 0 atom stereocenters. The molecule has 0 aliphatic heterocycles. The first-order valence-corrected chi connectivity index (χ1v) is 8.50. The lowest BCUT2D eigenvalue weighted by Crippen LogP contribution is -2.39. The van der Waals surface area contributed by atoms with Crippen LogP contribution in [0.25, 0.3) is 10.9 Å². The lowest BCUT2D eigenvalue weighted by atomic mass is 10.2. The van der Waals surface area contributed by atoms with Crippen LogP contribution < -0.4 is 0 Å². The molecule has 23 heavy (non-hydrogen) atoms. The summed E-state index contributed by atoms with van der Waals surface area (Å²) in [6.07, 6.45) is 1.72. The highest BCUT2D eigenvalue weighted by Gasteiger charge is 2.21. The van der Waals surface area contributed by atoms with Crippen molar-refractivity contribution in [3.8, 4) is 0 Å². The number of nitrogens with zero attached hydrogens (tertiary/aromatic N) is 3. The molecule has 0 unspecified atom stereocenters. The van der Waals surface area contributed by atoms with Gasteiger partial charge in [0.1, 0.15) is 6.61 Å². The van der Waals surface area contributed by atoms with Crippen molar-refractivity contribution in [3.63, 3.8) is 0 Å². The third kappa shape index (κ3) is 3.54. The van der Waals surface area contributed by atoms with Crippen molar-refractivity contribution in [2.75, 3.05) is 34.3 Å². The summed E-state index contributed by atoms with van der Waals surface area (Å²) in [5, 5.41) is 0.814. The number of benzene rings is 1. The maximum absolute atomic E-state index is 12.2. The predicted molar refractivity (Wildman–Crippen MR) is 88.4 cm³/mol. The van der Waals surface area contributed by atoms with Crippen LogP contribution in [-0.4, -0.2) is 61.9 Å². The molecule has 0 saturated heterocycles. The lowest BCUT2D eigenvalue weighted by Gasteiger charge is -2.20. The summed E-state index contributed by atoms with van der Waals surface area (Å²) in [6, 6.07) is 7.53. The number of ether oxygens (including phenoxy) is 1. The van der Waals surface area contributed by atoms with Gasteiger partial charge in [-0.2, -0.15) is 17.0 Å². The van der Waals surface area contributed by atoms with E-state index in [9.17, 15) is 13.2 Å². The molecule has 0 spiro atoms. The zero-order valence-corrected chi connectivity index (χ0v) is 14.5. The van der Waals surface area contributed by atoms with Crippen LogP contribution >= 0.6 is 0 Å². The van der Waals surface area contributed by atoms with Gasteiger partial charge in [-0.05, 0) is 6.07 Å². The fraction of sp³-hybridized carbons (Fsp3) is 0.400. The Morgan fingerprint density at radius 2 is 1.87 bits per heavy atom. The number of hydrogen-bond acceptors (Lipinski definition) is 4. The van der Waals surface area contributed by atoms with Gasteiger partial charge in [0.2, 0.25) is 0 Å². The van der Waals surface area contributed by atoms with E-state index < -0.39 is 16.2 Å². The fourth-order valence-corrected chi connectivity index (χ4v) is 3.11. The third-order valence-corrected chi connectivity index (χ3v) is 5.50. The summed E-state index contributed by atoms with van der Waals surface area (Å²) >= 11 is 0. The van der Waals surface area contributed by atoms with Crippen molar-refractivity contribution in [2.45, 2.75) is 0 Å². The normalized spacial score (nSPS) is 12.3. The Morgan fingerprint density at radius 3 is 2.52 bits per heavy atom. The summed E-state index contributed by atoms with van der Waals surface area (Å²) in [5.41, 5.74) is 1.41. The minimum atomic E-state index is -3.50. The number of esters is 1. The first-order chi connectivity index (χ1) is 10.7. The monoisotopic (exact) mass is 339 g/mol. The number of hydrogen-bond donors (Lipinski definition) is 0. The molecule has 1 heterocycles. The molecule has 7 nitrogen and oxygen atoms in total. The van der Waals surface area contributed by atoms with Crippen molar-refractivity contribution in [2.24, 2.45) is 7.05 Å². The molecular formula is C15H21N3O4S. The maximum Gasteiger partial charge on any atom is 0.340 e. The van der Waals surface area contributed by atoms with Crippen molar-refractivity contribution in [1.82, 2.24) is 13.2 Å². The Hall–Kier alpha value is -1.90. The van der Waals surface area contributed by atoms with Gasteiger partial charge in [-0.3, -0.25) is 0 Å². The Labute approximate surface area is 136 Å². The average Bonchev–Trinajstić information content (AvgIpc) is 2.84. The molecule has 126 valence electrons. The van der Waals surface area contributed by atoms with E-state index in [0.29, 0.717) is 5.56 Å². The van der Waals surface area contributed by atoms with Crippen LogP contribution in [0.4, 0.5) is 0 Å². The number of para-hydroxylation sites is 1. The highest BCUT2D eigenvalue weighted by atomic mass is 32.2. The SMILES string of the molecule is CN(C)S(=O)(=O)N(C)CCOC(=O)c1cn(C)c2ccccc12. The van der Waals surface area contributed by atoms with Gasteiger partial charge >= 0.3 is 5.97 Å². The number of carbonyl (C=O) groups excluding carboxylic acids is 1. The van der Waals surface area contributed by atoms with Crippen molar-refractivity contribution in [3.05, 3.63) is 36.0 Å². The third-order valence-electron chi connectivity index (χ3n) is 3.61. The predicted octanol–water partition coefficient (Wildman–Crippen LogP) is 1.07. The van der Waals surface area contributed by atoms with Crippen molar-refractivity contribution in [1.29, 1.82) is 0 Å². The van der Waals surface area contributed by atoms with Crippen LogP contribution in [0.5, 0.6) is 0 Å². The maximum atomic E-state index is 12.2. The second-order valence-corrected chi connectivity index (χ2v) is 7.67. The molecule has 8 heteroatoms. The van der Waals surface area contributed by atoms with E-state index in [1.807, 2.05) is 35.9 Å². The molecule has 1 aromatic carbocycles. The Bertz CT molecular complexity index is 811. The quantitative estimate of drug-likeness (QED) is 0.738. The number of rotatable bonds is 6. The highest BCUT2D eigenvalue weighted by Crippen LogP contribution is 2.20. The second kappa shape index (κ2) is 6.69. The van der Waals surface area contributed by atoms with E-state index in [1.165, 1.54) is 21.1 Å². The van der Waals surface area contributed by atoms with Crippen LogP contribution in [0.2, 0.25) is 0 Å². The molecule has 0 aliphatic rings. The van der Waals surface area contributed by atoms with Gasteiger partial charge < -0.3 is 9.30 Å². The number of fused-ring (bicyclic) bond motifs is 1. The number of likely N-dealkylation sites (N-methyl/N-ethyl adjacent to an activating group) is 1. The Morgan fingerprint density at radius 1 is 1.22 bits per heavy atom. The van der Waals surface area contributed by atoms with E-state index in [2.05, 4.69) is 0 Å². The van der Waals surface area contributed by atoms with Gasteiger partial charge in [0, 0.05) is 51.8 Å². The number of aromatic nitrogens is 1. The zero-order chi connectivity index (χ0) is 17.2. The summed E-state index contributed by atoms with van der Waals surface area (Å²) in [5.74, 6) is -0.461. The Kier molecular flexibility index (Phi) is 5.08. The number of carbonyl (C=O) groups is 1. The van der Waals surface area contributed by atoms with Crippen molar-refractivity contribution >= 4 is 27.1 Å². The number of aryl methyl sites for hydroxylation is 1. The molecule has 0 amide bonds. The van der Waals surface area contributed by atoms with Gasteiger partial charge in [-0.1, -0.05) is 18.2 Å². The summed E-state index contributed by atoms with van der Waals surface area (Å²) in [4.78, 5) is 12.2. The molecule has 2 rings (SSSR count).